The first-order valence-electron chi connectivity index (χ1n) is 4.89. The molecule has 0 unspecified atom stereocenters. The molecule has 0 aliphatic carbocycles. The van der Waals surface area contributed by atoms with Gasteiger partial charge in [-0.05, 0) is 0 Å². The molecule has 5 heteroatoms. The Balaban J connectivity index is 4.59. The van der Waals surface area contributed by atoms with Crippen LogP contribution in [-0.4, -0.2) is 45.3 Å². The first-order chi connectivity index (χ1) is 7.60. The lowest BCUT2D eigenvalue weighted by Crippen LogP contribution is -2.38. The van der Waals surface area contributed by atoms with Gasteiger partial charge in [0.2, 0.25) is 0 Å². The van der Waals surface area contributed by atoms with E-state index in [2.05, 4.69) is 11.3 Å². The van der Waals surface area contributed by atoms with Crippen molar-refractivity contribution in [2.24, 2.45) is 5.92 Å². The lowest BCUT2D eigenvalue weighted by atomic mass is 10.0. The first kappa shape index (κ1) is 14.8. The van der Waals surface area contributed by atoms with E-state index in [1.807, 2.05) is 0 Å². The number of carbonyl (C=O) groups is 2. The SMILES string of the molecule is C=C[C@H](OC)[C@H](OC(=O)COC)[C@@H](C)C=O. The molecular formula is C11H18O5. The Bertz CT molecular complexity index is 239. The van der Waals surface area contributed by atoms with Crippen LogP contribution in [0.4, 0.5) is 0 Å². The van der Waals surface area contributed by atoms with Gasteiger partial charge in [-0.25, -0.2) is 4.79 Å². The highest BCUT2D eigenvalue weighted by atomic mass is 16.6. The Morgan fingerprint density at radius 3 is 2.44 bits per heavy atom. The maximum absolute atomic E-state index is 11.3. The quantitative estimate of drug-likeness (QED) is 0.347. The van der Waals surface area contributed by atoms with Crippen LogP contribution in [0.25, 0.3) is 0 Å². The van der Waals surface area contributed by atoms with Crippen LogP contribution < -0.4 is 0 Å². The van der Waals surface area contributed by atoms with Gasteiger partial charge in [-0.2, -0.15) is 0 Å². The van der Waals surface area contributed by atoms with Gasteiger partial charge < -0.3 is 19.0 Å². The van der Waals surface area contributed by atoms with Gasteiger partial charge in [0.15, 0.2) is 0 Å². The molecule has 0 rings (SSSR count). The number of methoxy groups -OCH3 is 2. The minimum Gasteiger partial charge on any atom is -0.457 e. The van der Waals surface area contributed by atoms with Gasteiger partial charge in [-0.3, -0.25) is 0 Å². The van der Waals surface area contributed by atoms with Crippen molar-refractivity contribution < 1.29 is 23.8 Å². The van der Waals surface area contributed by atoms with E-state index in [-0.39, 0.29) is 6.61 Å². The second-order valence-electron chi connectivity index (χ2n) is 3.32. The van der Waals surface area contributed by atoms with Crippen molar-refractivity contribution in [2.45, 2.75) is 19.1 Å². The summed E-state index contributed by atoms with van der Waals surface area (Å²) >= 11 is 0. The summed E-state index contributed by atoms with van der Waals surface area (Å²) in [6.07, 6.45) is 1.01. The number of ether oxygens (including phenoxy) is 3. The van der Waals surface area contributed by atoms with Crippen LogP contribution in [0.15, 0.2) is 12.7 Å². The zero-order chi connectivity index (χ0) is 12.6. The third-order valence-electron chi connectivity index (χ3n) is 2.09. The molecule has 0 spiro atoms. The Hall–Kier alpha value is -1.20. The van der Waals surface area contributed by atoms with Crippen LogP contribution in [0.5, 0.6) is 0 Å². The predicted molar refractivity (Wildman–Crippen MR) is 58.0 cm³/mol. The standard InChI is InChI=1S/C11H18O5/c1-5-9(15-4)11(8(2)6-12)16-10(13)7-14-3/h5-6,8-9,11H,1,7H2,2-4H3/t8-,9-,11+/m0/s1. The summed E-state index contributed by atoms with van der Waals surface area (Å²) in [6.45, 7) is 5.05. The van der Waals surface area contributed by atoms with Crippen LogP contribution in [0.2, 0.25) is 0 Å². The number of rotatable bonds is 8. The van der Waals surface area contributed by atoms with E-state index in [1.165, 1.54) is 20.3 Å². The Morgan fingerprint density at radius 2 is 2.06 bits per heavy atom. The molecule has 0 aromatic heterocycles. The highest BCUT2D eigenvalue weighted by Crippen LogP contribution is 2.14. The number of esters is 1. The van der Waals surface area contributed by atoms with Gasteiger partial charge in [-0.15, -0.1) is 6.58 Å². The summed E-state index contributed by atoms with van der Waals surface area (Å²) in [6, 6.07) is 0. The predicted octanol–water partition coefficient (Wildman–Crippen LogP) is 0.581. The molecule has 0 fully saturated rings. The third kappa shape index (κ3) is 4.55. The summed E-state index contributed by atoms with van der Waals surface area (Å²) in [7, 11) is 2.85. The van der Waals surface area contributed by atoms with Crippen molar-refractivity contribution in [2.75, 3.05) is 20.8 Å². The lowest BCUT2D eigenvalue weighted by molar-refractivity contribution is -0.162. The molecule has 0 saturated carbocycles. The van der Waals surface area contributed by atoms with Crippen molar-refractivity contribution in [1.29, 1.82) is 0 Å². The fourth-order valence-electron chi connectivity index (χ4n) is 1.22. The molecule has 0 aromatic rings. The molecule has 0 amide bonds. The van der Waals surface area contributed by atoms with E-state index in [4.69, 9.17) is 9.47 Å². The summed E-state index contributed by atoms with van der Waals surface area (Å²) < 4.78 is 14.8. The van der Waals surface area contributed by atoms with Gasteiger partial charge in [0.05, 0.1) is 5.92 Å². The molecule has 0 bridgehead atoms. The maximum Gasteiger partial charge on any atom is 0.332 e. The second kappa shape index (κ2) is 8.01. The molecule has 0 aromatic carbocycles. The van der Waals surface area contributed by atoms with Crippen LogP contribution in [0, 0.1) is 5.92 Å². The van der Waals surface area contributed by atoms with Gasteiger partial charge >= 0.3 is 5.97 Å². The van der Waals surface area contributed by atoms with Crippen molar-refractivity contribution in [3.8, 4) is 0 Å². The van der Waals surface area contributed by atoms with Crippen LogP contribution >= 0.6 is 0 Å². The monoisotopic (exact) mass is 230 g/mol. The molecule has 92 valence electrons. The number of hydrogen-bond acceptors (Lipinski definition) is 5. The van der Waals surface area contributed by atoms with Gasteiger partial charge in [-0.1, -0.05) is 13.0 Å². The van der Waals surface area contributed by atoms with Crippen molar-refractivity contribution in [1.82, 2.24) is 0 Å². The fourth-order valence-corrected chi connectivity index (χ4v) is 1.22. The highest BCUT2D eigenvalue weighted by molar-refractivity contribution is 5.71. The van der Waals surface area contributed by atoms with E-state index >= 15 is 0 Å². The molecule has 0 radical (unpaired) electrons. The fraction of sp³-hybridized carbons (Fsp3) is 0.636. The van der Waals surface area contributed by atoms with Crippen molar-refractivity contribution >= 4 is 12.3 Å². The summed E-state index contributed by atoms with van der Waals surface area (Å²) in [5, 5.41) is 0. The molecule has 0 saturated heterocycles. The molecule has 16 heavy (non-hydrogen) atoms. The highest BCUT2D eigenvalue weighted by Gasteiger charge is 2.28. The summed E-state index contributed by atoms with van der Waals surface area (Å²) in [5.41, 5.74) is 0. The molecule has 5 nitrogen and oxygen atoms in total. The van der Waals surface area contributed by atoms with E-state index in [0.29, 0.717) is 6.29 Å². The van der Waals surface area contributed by atoms with Gasteiger partial charge in [0.1, 0.15) is 25.1 Å². The zero-order valence-corrected chi connectivity index (χ0v) is 9.84. The molecule has 0 N–H and O–H groups in total. The molecule has 0 aliphatic rings. The van der Waals surface area contributed by atoms with Crippen molar-refractivity contribution in [3.05, 3.63) is 12.7 Å². The maximum atomic E-state index is 11.3. The largest absolute Gasteiger partial charge is 0.457 e. The van der Waals surface area contributed by atoms with Crippen LogP contribution in [-0.2, 0) is 23.8 Å². The van der Waals surface area contributed by atoms with Gasteiger partial charge in [0, 0.05) is 14.2 Å². The average Bonchev–Trinajstić information content (AvgIpc) is 2.28. The molecule has 3 atom stereocenters. The molecule has 0 heterocycles. The van der Waals surface area contributed by atoms with Crippen LogP contribution in [0.1, 0.15) is 6.92 Å². The average molecular weight is 230 g/mol. The minimum atomic E-state index is -0.678. The first-order valence-corrected chi connectivity index (χ1v) is 4.89. The topological polar surface area (TPSA) is 61.8 Å². The second-order valence-corrected chi connectivity index (χ2v) is 3.32. The molecule has 0 aliphatic heterocycles. The molecular weight excluding hydrogens is 212 g/mol. The van der Waals surface area contributed by atoms with E-state index in [0.717, 1.165) is 0 Å². The lowest BCUT2D eigenvalue weighted by Gasteiger charge is -2.25. The normalized spacial score (nSPS) is 15.9. The minimum absolute atomic E-state index is 0.157. The Morgan fingerprint density at radius 1 is 1.44 bits per heavy atom. The smallest absolute Gasteiger partial charge is 0.332 e. The third-order valence-corrected chi connectivity index (χ3v) is 2.09. The van der Waals surface area contributed by atoms with Crippen LogP contribution in [0.3, 0.4) is 0 Å². The van der Waals surface area contributed by atoms with Crippen molar-refractivity contribution in [3.63, 3.8) is 0 Å². The van der Waals surface area contributed by atoms with Gasteiger partial charge in [0.25, 0.3) is 0 Å². The zero-order valence-electron chi connectivity index (χ0n) is 9.84. The number of hydrogen-bond donors (Lipinski definition) is 0. The summed E-state index contributed by atoms with van der Waals surface area (Å²) in [5.74, 6) is -1.01. The van der Waals surface area contributed by atoms with E-state index in [9.17, 15) is 9.59 Å². The number of carbonyl (C=O) groups excluding carboxylic acids is 2. The van der Waals surface area contributed by atoms with E-state index in [1.54, 1.807) is 6.92 Å². The Kier molecular flexibility index (Phi) is 7.41. The summed E-state index contributed by atoms with van der Waals surface area (Å²) in [4.78, 5) is 22.0. The van der Waals surface area contributed by atoms with E-state index < -0.39 is 24.1 Å². The Labute approximate surface area is 95.4 Å². The number of aldehydes is 1.